The van der Waals surface area contributed by atoms with Gasteiger partial charge in [-0.3, -0.25) is 15.1 Å². The van der Waals surface area contributed by atoms with Gasteiger partial charge in [-0.2, -0.15) is 0 Å². The van der Waals surface area contributed by atoms with Crippen molar-refractivity contribution in [1.29, 1.82) is 5.41 Å². The molecule has 0 radical (unpaired) electrons. The number of phenolic OH excluding ortho intramolecular Hbond substituents is 1. The van der Waals surface area contributed by atoms with Gasteiger partial charge in [-0.1, -0.05) is 39.1 Å². The van der Waals surface area contributed by atoms with Crippen LogP contribution in [0.15, 0.2) is 45.8 Å². The fourth-order valence-corrected chi connectivity index (χ4v) is 3.65. The van der Waals surface area contributed by atoms with Crippen molar-refractivity contribution in [3.05, 3.63) is 61.4 Å². The first-order chi connectivity index (χ1) is 11.4. The third-order valence-corrected chi connectivity index (χ3v) is 5.38. The molecule has 1 aliphatic rings. The van der Waals surface area contributed by atoms with Gasteiger partial charge in [-0.25, -0.2) is 0 Å². The van der Waals surface area contributed by atoms with Gasteiger partial charge in [-0.15, -0.1) is 0 Å². The van der Waals surface area contributed by atoms with Gasteiger partial charge in [0, 0.05) is 10.0 Å². The van der Waals surface area contributed by atoms with Crippen LogP contribution in [-0.4, -0.2) is 16.2 Å². The molecule has 0 aromatic heterocycles. The Bertz CT molecular complexity index is 902. The number of thioether (sulfide) groups is 1. The molecule has 1 fully saturated rings. The Morgan fingerprint density at radius 1 is 1.17 bits per heavy atom. The van der Waals surface area contributed by atoms with E-state index in [1.54, 1.807) is 30.3 Å². The predicted molar refractivity (Wildman–Crippen MR) is 103 cm³/mol. The topological polar surface area (TPSA) is 64.4 Å². The Balaban J connectivity index is 1.98. The Labute approximate surface area is 160 Å². The number of phenols is 1. The highest BCUT2D eigenvalue weighted by molar-refractivity contribution is 9.10. The van der Waals surface area contributed by atoms with Crippen molar-refractivity contribution in [2.24, 2.45) is 0 Å². The van der Waals surface area contributed by atoms with Crippen LogP contribution in [-0.2, 0) is 4.79 Å². The Hall–Kier alpha value is -1.47. The van der Waals surface area contributed by atoms with Gasteiger partial charge < -0.3 is 5.11 Å². The van der Waals surface area contributed by atoms with Gasteiger partial charge in [0.05, 0.1) is 20.6 Å². The van der Waals surface area contributed by atoms with E-state index in [1.807, 2.05) is 0 Å². The molecule has 0 aliphatic carbocycles. The second kappa shape index (κ2) is 6.80. The fourth-order valence-electron chi connectivity index (χ4n) is 2.13. The molecular formula is C16H9BrCl2N2O2S. The minimum absolute atomic E-state index is 0.0543. The molecule has 0 unspecified atom stereocenters. The largest absolute Gasteiger partial charge is 0.507 e. The highest BCUT2D eigenvalue weighted by atomic mass is 79.9. The molecule has 0 atom stereocenters. The number of nitrogens with zero attached hydrogens (tertiary/aromatic N) is 1. The molecule has 8 heteroatoms. The summed E-state index contributed by atoms with van der Waals surface area (Å²) in [7, 11) is 0. The standard InChI is InChI=1S/C16H9BrCl2N2O2S/c17-9-1-4-13(22)8(5-9)6-14-15(23)21(16(20)24-14)10-2-3-11(18)12(19)7-10/h1-7,20,22H/b14-6-,20-16?. The maximum Gasteiger partial charge on any atom is 0.271 e. The Morgan fingerprint density at radius 3 is 2.62 bits per heavy atom. The number of benzene rings is 2. The van der Waals surface area contributed by atoms with E-state index < -0.39 is 0 Å². The highest BCUT2D eigenvalue weighted by Gasteiger charge is 2.34. The number of halogens is 3. The van der Waals surface area contributed by atoms with Crippen molar-refractivity contribution in [2.45, 2.75) is 0 Å². The average molecular weight is 444 g/mol. The number of amides is 1. The molecule has 1 amide bonds. The number of carbonyl (C=O) groups is 1. The monoisotopic (exact) mass is 442 g/mol. The van der Waals surface area contributed by atoms with E-state index in [-0.39, 0.29) is 16.8 Å². The number of hydrogen-bond donors (Lipinski definition) is 2. The summed E-state index contributed by atoms with van der Waals surface area (Å²) in [6.45, 7) is 0. The number of aromatic hydroxyl groups is 1. The summed E-state index contributed by atoms with van der Waals surface area (Å²) in [5, 5.41) is 18.7. The maximum absolute atomic E-state index is 12.6. The van der Waals surface area contributed by atoms with Gasteiger partial charge in [0.25, 0.3) is 5.91 Å². The highest BCUT2D eigenvalue weighted by Crippen LogP contribution is 2.38. The van der Waals surface area contributed by atoms with Crippen LogP contribution in [0.25, 0.3) is 6.08 Å². The van der Waals surface area contributed by atoms with Crippen LogP contribution in [0.4, 0.5) is 5.69 Å². The number of hydrogen-bond acceptors (Lipinski definition) is 4. The summed E-state index contributed by atoms with van der Waals surface area (Å²) in [5.41, 5.74) is 0.956. The van der Waals surface area contributed by atoms with Crippen LogP contribution in [0, 0.1) is 5.41 Å². The van der Waals surface area contributed by atoms with E-state index in [0.717, 1.165) is 16.2 Å². The van der Waals surface area contributed by atoms with Gasteiger partial charge in [0.1, 0.15) is 5.75 Å². The van der Waals surface area contributed by atoms with Crippen LogP contribution in [0.1, 0.15) is 5.56 Å². The van der Waals surface area contributed by atoms with Gasteiger partial charge >= 0.3 is 0 Å². The average Bonchev–Trinajstić information content (AvgIpc) is 2.80. The lowest BCUT2D eigenvalue weighted by Crippen LogP contribution is -2.28. The quantitative estimate of drug-likeness (QED) is 0.600. The number of amidine groups is 1. The molecule has 4 nitrogen and oxygen atoms in total. The Morgan fingerprint density at radius 2 is 1.92 bits per heavy atom. The summed E-state index contributed by atoms with van der Waals surface area (Å²) in [5.74, 6) is -0.304. The minimum atomic E-state index is -0.359. The molecule has 1 heterocycles. The second-order valence-corrected chi connectivity index (χ2v) is 7.62. The first-order valence-electron chi connectivity index (χ1n) is 6.63. The van der Waals surface area contributed by atoms with Crippen LogP contribution in [0.5, 0.6) is 5.75 Å². The molecule has 24 heavy (non-hydrogen) atoms. The molecule has 122 valence electrons. The second-order valence-electron chi connectivity index (χ2n) is 4.86. The zero-order chi connectivity index (χ0) is 17.4. The third-order valence-electron chi connectivity index (χ3n) is 3.26. The van der Waals surface area contributed by atoms with E-state index in [2.05, 4.69) is 15.9 Å². The zero-order valence-electron chi connectivity index (χ0n) is 11.9. The van der Waals surface area contributed by atoms with Crippen molar-refractivity contribution < 1.29 is 9.90 Å². The lowest BCUT2D eigenvalue weighted by Gasteiger charge is -2.14. The van der Waals surface area contributed by atoms with Crippen LogP contribution < -0.4 is 4.90 Å². The number of carbonyl (C=O) groups excluding carboxylic acids is 1. The summed E-state index contributed by atoms with van der Waals surface area (Å²) in [4.78, 5) is 14.2. The predicted octanol–water partition coefficient (Wildman–Crippen LogP) is 5.52. The minimum Gasteiger partial charge on any atom is -0.507 e. The summed E-state index contributed by atoms with van der Waals surface area (Å²) >= 11 is 16.2. The van der Waals surface area contributed by atoms with E-state index in [4.69, 9.17) is 28.6 Å². The fraction of sp³-hybridized carbons (Fsp3) is 0. The molecule has 0 bridgehead atoms. The van der Waals surface area contributed by atoms with Crippen molar-refractivity contribution in [2.75, 3.05) is 4.90 Å². The van der Waals surface area contributed by atoms with Gasteiger partial charge in [0.15, 0.2) is 5.17 Å². The van der Waals surface area contributed by atoms with Crippen molar-refractivity contribution >= 4 is 73.7 Å². The van der Waals surface area contributed by atoms with E-state index >= 15 is 0 Å². The van der Waals surface area contributed by atoms with Crippen LogP contribution in [0.2, 0.25) is 10.0 Å². The molecular weight excluding hydrogens is 435 g/mol. The molecule has 1 aliphatic heterocycles. The molecule has 1 saturated heterocycles. The lowest BCUT2D eigenvalue weighted by atomic mass is 10.2. The van der Waals surface area contributed by atoms with Crippen molar-refractivity contribution in [3.63, 3.8) is 0 Å². The lowest BCUT2D eigenvalue weighted by molar-refractivity contribution is -0.113. The molecule has 2 N–H and O–H groups in total. The summed E-state index contributed by atoms with van der Waals surface area (Å²) < 4.78 is 0.777. The summed E-state index contributed by atoms with van der Waals surface area (Å²) in [6.07, 6.45) is 1.55. The zero-order valence-corrected chi connectivity index (χ0v) is 15.8. The molecule has 2 aromatic rings. The van der Waals surface area contributed by atoms with E-state index in [9.17, 15) is 9.90 Å². The molecule has 0 saturated carbocycles. The van der Waals surface area contributed by atoms with Crippen LogP contribution >= 0.6 is 50.9 Å². The normalized spacial score (nSPS) is 16.3. The first kappa shape index (κ1) is 17.4. The van der Waals surface area contributed by atoms with Crippen molar-refractivity contribution in [3.8, 4) is 5.75 Å². The maximum atomic E-state index is 12.6. The number of rotatable bonds is 2. The smallest absolute Gasteiger partial charge is 0.271 e. The molecule has 0 spiro atoms. The van der Waals surface area contributed by atoms with Gasteiger partial charge in [-0.05, 0) is 54.2 Å². The summed E-state index contributed by atoms with van der Waals surface area (Å²) in [6, 6.07) is 9.67. The number of anilines is 1. The Kier molecular flexibility index (Phi) is 4.92. The van der Waals surface area contributed by atoms with Crippen LogP contribution in [0.3, 0.4) is 0 Å². The number of nitrogens with one attached hydrogen (secondary N) is 1. The third kappa shape index (κ3) is 3.32. The molecule has 2 aromatic carbocycles. The van der Waals surface area contributed by atoms with E-state index in [1.165, 1.54) is 17.0 Å². The van der Waals surface area contributed by atoms with Gasteiger partial charge in [0.2, 0.25) is 0 Å². The van der Waals surface area contributed by atoms with E-state index in [0.29, 0.717) is 26.2 Å². The van der Waals surface area contributed by atoms with Crippen molar-refractivity contribution in [1.82, 2.24) is 0 Å². The first-order valence-corrected chi connectivity index (χ1v) is 8.99. The molecule has 3 rings (SSSR count). The SMILES string of the molecule is N=C1S/C(=C\c2cc(Br)ccc2O)C(=O)N1c1ccc(Cl)c(Cl)c1.